The van der Waals surface area contributed by atoms with Gasteiger partial charge in [0.05, 0.1) is 17.1 Å². The zero-order valence-electron chi connectivity index (χ0n) is 20.5. The van der Waals surface area contributed by atoms with E-state index < -0.39 is 34.4 Å². The Morgan fingerprint density at radius 3 is 2.74 bits per heavy atom. The normalized spacial score (nSPS) is 18.5. The number of imidazole rings is 1. The first-order valence-electron chi connectivity index (χ1n) is 12.0. The lowest BCUT2D eigenvalue weighted by atomic mass is 9.95. The van der Waals surface area contributed by atoms with E-state index in [1.165, 1.54) is 38.7 Å². The number of nitrogens with zero attached hydrogens (tertiary/aromatic N) is 6. The van der Waals surface area contributed by atoms with Gasteiger partial charge in [0, 0.05) is 30.1 Å². The molecule has 1 saturated heterocycles. The summed E-state index contributed by atoms with van der Waals surface area (Å²) in [6.45, 7) is 2.06. The quantitative estimate of drug-likeness (QED) is 0.314. The summed E-state index contributed by atoms with van der Waals surface area (Å²) in [5, 5.41) is 5.50. The summed E-state index contributed by atoms with van der Waals surface area (Å²) in [6, 6.07) is 6.50. The molecule has 5 heterocycles. The molecule has 3 aromatic heterocycles. The zero-order valence-corrected chi connectivity index (χ0v) is 23.6. The van der Waals surface area contributed by atoms with E-state index in [1.54, 1.807) is 16.6 Å². The average molecular weight is 612 g/mol. The monoisotopic (exact) mass is 610 g/mol. The summed E-state index contributed by atoms with van der Waals surface area (Å²) < 4.78 is 48.2. The Hall–Kier alpha value is -3.00. The highest BCUT2D eigenvalue weighted by Crippen LogP contribution is 2.38. The molecule has 2 aliphatic rings. The minimum Gasteiger partial charge on any atom is -0.481 e. The third kappa shape index (κ3) is 4.71. The van der Waals surface area contributed by atoms with Crippen LogP contribution in [0.25, 0.3) is 4.96 Å². The molecule has 0 saturated carbocycles. The van der Waals surface area contributed by atoms with Crippen molar-refractivity contribution in [3.8, 4) is 5.75 Å². The molecular formula is C24H21Cl2FN6O4S2. The van der Waals surface area contributed by atoms with Gasteiger partial charge in [-0.1, -0.05) is 40.6 Å². The van der Waals surface area contributed by atoms with Crippen molar-refractivity contribution in [3.63, 3.8) is 0 Å². The molecule has 39 heavy (non-hydrogen) atoms. The van der Waals surface area contributed by atoms with E-state index >= 15 is 4.39 Å². The van der Waals surface area contributed by atoms with Gasteiger partial charge in [0.25, 0.3) is 5.91 Å². The van der Waals surface area contributed by atoms with E-state index in [0.29, 0.717) is 30.0 Å². The largest absolute Gasteiger partial charge is 0.481 e. The molecule has 0 spiro atoms. The fourth-order valence-corrected chi connectivity index (χ4v) is 7.59. The number of carbonyl (C=O) groups excluding carboxylic acids is 1. The number of pyridine rings is 1. The number of aryl methyl sites for hydroxylation is 1. The fourth-order valence-electron chi connectivity index (χ4n) is 4.95. The number of sulfonamides is 1. The van der Waals surface area contributed by atoms with Crippen LogP contribution in [0.15, 0.2) is 30.3 Å². The van der Waals surface area contributed by atoms with E-state index in [9.17, 15) is 13.2 Å². The number of ether oxygens (including phenoxy) is 1. The molecule has 204 valence electrons. The minimum absolute atomic E-state index is 0.0515. The summed E-state index contributed by atoms with van der Waals surface area (Å²) in [4.78, 5) is 24.6. The standard InChI is InChI=1S/C24H21Cl2FN6O4S2/c1-13-30-33-22-17(28-24(33)38-13)7-9-31(21(22)15-4-3-14(25)11-16(15)27)20(34)12-37-18-5-6-19(29-23(18)26)32-8-2-10-39(32,35)36/h3-6,11,21H,2,7-10,12H2,1H3. The van der Waals surface area contributed by atoms with E-state index in [-0.39, 0.29) is 39.6 Å². The van der Waals surface area contributed by atoms with E-state index in [1.807, 2.05) is 6.92 Å². The van der Waals surface area contributed by atoms with Crippen LogP contribution in [0.2, 0.25) is 10.2 Å². The first kappa shape index (κ1) is 26.2. The Morgan fingerprint density at radius 2 is 2.03 bits per heavy atom. The molecular weight excluding hydrogens is 590 g/mol. The molecule has 1 fully saturated rings. The first-order chi connectivity index (χ1) is 18.6. The van der Waals surface area contributed by atoms with Crippen LogP contribution in [-0.4, -0.2) is 64.3 Å². The second-order valence-corrected chi connectivity index (χ2v) is 13.1. The number of hydrogen-bond acceptors (Lipinski definition) is 8. The van der Waals surface area contributed by atoms with E-state index in [4.69, 9.17) is 27.9 Å². The highest BCUT2D eigenvalue weighted by atomic mass is 35.5. The SMILES string of the molecule is Cc1nn2c3c(nc2s1)CCN(C(=O)COc1ccc(N2CCCS2(=O)=O)nc1Cl)C3c1ccc(Cl)cc1F. The second kappa shape index (κ2) is 9.88. The molecule has 1 amide bonds. The van der Waals surface area contributed by atoms with Gasteiger partial charge < -0.3 is 9.64 Å². The lowest BCUT2D eigenvalue weighted by molar-refractivity contribution is -0.135. The summed E-state index contributed by atoms with van der Waals surface area (Å²) in [6.07, 6.45) is 0.967. The van der Waals surface area contributed by atoms with Crippen molar-refractivity contribution in [1.29, 1.82) is 0 Å². The Bertz CT molecular complexity index is 1730. The number of anilines is 1. The number of benzene rings is 1. The van der Waals surface area contributed by atoms with Gasteiger partial charge in [-0.05, 0) is 37.6 Å². The molecule has 0 N–H and O–H groups in total. The van der Waals surface area contributed by atoms with Crippen LogP contribution in [0.4, 0.5) is 10.2 Å². The molecule has 10 nitrogen and oxygen atoms in total. The van der Waals surface area contributed by atoms with Gasteiger partial charge in [0.1, 0.15) is 22.7 Å². The minimum atomic E-state index is -3.42. The molecule has 1 aromatic carbocycles. The van der Waals surface area contributed by atoms with Gasteiger partial charge in [-0.25, -0.2) is 27.3 Å². The number of amides is 1. The highest BCUT2D eigenvalue weighted by molar-refractivity contribution is 7.93. The van der Waals surface area contributed by atoms with Crippen molar-refractivity contribution in [2.75, 3.05) is 29.8 Å². The topological polar surface area (TPSA) is 110 Å². The van der Waals surface area contributed by atoms with Gasteiger partial charge in [0.15, 0.2) is 17.5 Å². The van der Waals surface area contributed by atoms with Crippen molar-refractivity contribution < 1.29 is 22.3 Å². The van der Waals surface area contributed by atoms with E-state index in [2.05, 4.69) is 15.1 Å². The van der Waals surface area contributed by atoms with Gasteiger partial charge in [0.2, 0.25) is 15.0 Å². The van der Waals surface area contributed by atoms with Crippen LogP contribution >= 0.6 is 34.5 Å². The summed E-state index contributed by atoms with van der Waals surface area (Å²) in [5.41, 5.74) is 1.63. The number of rotatable bonds is 5. The van der Waals surface area contributed by atoms with Gasteiger partial charge in [-0.2, -0.15) is 5.10 Å². The number of aromatic nitrogens is 4. The molecule has 0 radical (unpaired) electrons. The van der Waals surface area contributed by atoms with Crippen molar-refractivity contribution in [2.24, 2.45) is 0 Å². The summed E-state index contributed by atoms with van der Waals surface area (Å²) >= 11 is 13.7. The van der Waals surface area contributed by atoms with Crippen molar-refractivity contribution in [1.82, 2.24) is 24.5 Å². The first-order valence-corrected chi connectivity index (χ1v) is 15.2. The van der Waals surface area contributed by atoms with Gasteiger partial charge >= 0.3 is 0 Å². The van der Waals surface area contributed by atoms with Crippen molar-refractivity contribution >= 4 is 61.2 Å². The van der Waals surface area contributed by atoms with Crippen molar-refractivity contribution in [2.45, 2.75) is 25.8 Å². The Kier molecular flexibility index (Phi) is 6.64. The van der Waals surface area contributed by atoms with Crippen LogP contribution in [0.3, 0.4) is 0 Å². The maximum Gasteiger partial charge on any atom is 0.261 e. The van der Waals surface area contributed by atoms with E-state index in [0.717, 1.165) is 10.7 Å². The predicted octanol–water partition coefficient (Wildman–Crippen LogP) is 4.03. The molecule has 2 aliphatic heterocycles. The van der Waals surface area contributed by atoms with Crippen LogP contribution in [0.1, 0.15) is 34.4 Å². The lowest BCUT2D eigenvalue weighted by Crippen LogP contribution is -2.43. The molecule has 0 aliphatic carbocycles. The maximum absolute atomic E-state index is 15.2. The Balaban J connectivity index is 1.29. The van der Waals surface area contributed by atoms with Gasteiger partial charge in [-0.15, -0.1) is 0 Å². The maximum atomic E-state index is 15.2. The molecule has 15 heteroatoms. The summed E-state index contributed by atoms with van der Waals surface area (Å²) in [7, 11) is -3.42. The number of carbonyl (C=O) groups is 1. The summed E-state index contributed by atoms with van der Waals surface area (Å²) in [5.74, 6) is -0.596. The van der Waals surface area contributed by atoms with Crippen LogP contribution in [-0.2, 0) is 21.2 Å². The number of halogens is 3. The molecule has 1 atom stereocenters. The number of hydrogen-bond donors (Lipinski definition) is 0. The van der Waals surface area contributed by atoms with Gasteiger partial charge in [-0.3, -0.25) is 9.10 Å². The fraction of sp³-hybridized carbons (Fsp3) is 0.333. The average Bonchev–Trinajstić information content (AvgIpc) is 3.53. The predicted molar refractivity (Wildman–Crippen MR) is 145 cm³/mol. The van der Waals surface area contributed by atoms with Crippen molar-refractivity contribution in [3.05, 3.63) is 68.3 Å². The second-order valence-electron chi connectivity index (χ2n) is 9.15. The Morgan fingerprint density at radius 1 is 1.21 bits per heavy atom. The third-order valence-electron chi connectivity index (χ3n) is 6.66. The highest BCUT2D eigenvalue weighted by Gasteiger charge is 2.38. The lowest BCUT2D eigenvalue weighted by Gasteiger charge is -2.35. The molecule has 6 rings (SSSR count). The van der Waals surface area contributed by atoms with Crippen LogP contribution in [0.5, 0.6) is 5.75 Å². The Labute approximate surface area is 237 Å². The molecule has 0 bridgehead atoms. The number of fused-ring (bicyclic) bond motifs is 3. The zero-order chi connectivity index (χ0) is 27.5. The van der Waals surface area contributed by atoms with Crippen LogP contribution < -0.4 is 9.04 Å². The molecule has 4 aromatic rings. The smallest absolute Gasteiger partial charge is 0.261 e. The van der Waals surface area contributed by atoms with Crippen LogP contribution in [0, 0.1) is 12.7 Å². The molecule has 1 unspecified atom stereocenters. The third-order valence-corrected chi connectivity index (χ3v) is 9.83.